The lowest BCUT2D eigenvalue weighted by atomic mass is 10.00. The largest absolute Gasteiger partial charge is 0.481 e. The topological polar surface area (TPSA) is 110 Å². The molecule has 0 atom stereocenters. The summed E-state index contributed by atoms with van der Waals surface area (Å²) in [6.45, 7) is 2.95. The number of carbonyl (C=O) groups excluding carboxylic acids is 1. The van der Waals surface area contributed by atoms with E-state index in [1.165, 1.54) is 13.8 Å². The summed E-state index contributed by atoms with van der Waals surface area (Å²) in [5, 5.41) is 21.5. The number of rotatable bonds is 5. The highest BCUT2D eigenvalue weighted by Gasteiger charge is 2.26. The number of benzene rings is 1. The van der Waals surface area contributed by atoms with E-state index in [4.69, 9.17) is 5.11 Å². The summed E-state index contributed by atoms with van der Waals surface area (Å²) in [5.41, 5.74) is -1.92. The molecule has 20 heavy (non-hydrogen) atoms. The number of non-ortho nitro benzene ring substituents is 1. The van der Waals surface area contributed by atoms with Crippen LogP contribution in [0, 0.1) is 15.9 Å². The summed E-state index contributed by atoms with van der Waals surface area (Å²) < 4.78 is 13.6. The Labute approximate surface area is 113 Å². The van der Waals surface area contributed by atoms with Gasteiger partial charge in [-0.25, -0.2) is 4.39 Å². The van der Waals surface area contributed by atoms with E-state index >= 15 is 0 Å². The summed E-state index contributed by atoms with van der Waals surface area (Å²) in [4.78, 5) is 32.1. The van der Waals surface area contributed by atoms with Crippen molar-refractivity contribution < 1.29 is 24.0 Å². The van der Waals surface area contributed by atoms with Crippen LogP contribution in [-0.4, -0.2) is 27.4 Å². The van der Waals surface area contributed by atoms with Crippen LogP contribution in [0.3, 0.4) is 0 Å². The smallest absolute Gasteiger partial charge is 0.305 e. The second-order valence-corrected chi connectivity index (χ2v) is 4.83. The Morgan fingerprint density at radius 2 is 2.05 bits per heavy atom. The number of hydrogen-bond donors (Lipinski definition) is 2. The van der Waals surface area contributed by atoms with Crippen LogP contribution in [0.1, 0.15) is 30.6 Å². The minimum Gasteiger partial charge on any atom is -0.481 e. The number of amides is 1. The molecule has 0 unspecified atom stereocenters. The van der Waals surface area contributed by atoms with Gasteiger partial charge >= 0.3 is 5.97 Å². The second kappa shape index (κ2) is 5.64. The van der Waals surface area contributed by atoms with E-state index in [1.54, 1.807) is 0 Å². The summed E-state index contributed by atoms with van der Waals surface area (Å²) >= 11 is 0. The van der Waals surface area contributed by atoms with Crippen molar-refractivity contribution in [3.63, 3.8) is 0 Å². The molecule has 8 heteroatoms. The highest BCUT2D eigenvalue weighted by atomic mass is 19.1. The fraction of sp³-hybridized carbons (Fsp3) is 0.333. The van der Waals surface area contributed by atoms with Crippen LogP contribution < -0.4 is 5.32 Å². The zero-order chi connectivity index (χ0) is 15.5. The SMILES string of the molecule is CC(C)(CC(=O)O)NC(=O)c1ccc([N+](=O)[O-])cc1F. The molecule has 0 bridgehead atoms. The third-order valence-electron chi connectivity index (χ3n) is 2.45. The van der Waals surface area contributed by atoms with Gasteiger partial charge in [0.2, 0.25) is 0 Å². The van der Waals surface area contributed by atoms with Crippen molar-refractivity contribution in [2.45, 2.75) is 25.8 Å². The van der Waals surface area contributed by atoms with Crippen molar-refractivity contribution in [3.05, 3.63) is 39.7 Å². The van der Waals surface area contributed by atoms with E-state index in [2.05, 4.69) is 5.32 Å². The first-order chi connectivity index (χ1) is 9.12. The predicted octanol–water partition coefficient (Wildman–Crippen LogP) is 1.72. The van der Waals surface area contributed by atoms with Crippen LogP contribution >= 0.6 is 0 Å². The Balaban J connectivity index is 2.93. The molecule has 0 spiro atoms. The number of halogens is 1. The number of nitro groups is 1. The van der Waals surface area contributed by atoms with Gasteiger partial charge in [0.1, 0.15) is 5.82 Å². The molecule has 2 N–H and O–H groups in total. The lowest BCUT2D eigenvalue weighted by Crippen LogP contribution is -2.45. The Morgan fingerprint density at radius 1 is 1.45 bits per heavy atom. The maximum Gasteiger partial charge on any atom is 0.305 e. The van der Waals surface area contributed by atoms with Gasteiger partial charge in [0.15, 0.2) is 0 Å². The number of carboxylic acids is 1. The molecule has 0 radical (unpaired) electrons. The molecule has 7 nitrogen and oxygen atoms in total. The van der Waals surface area contributed by atoms with Crippen molar-refractivity contribution in [2.24, 2.45) is 0 Å². The van der Waals surface area contributed by atoms with Crippen LogP contribution in [0.2, 0.25) is 0 Å². The molecule has 0 aliphatic rings. The molecule has 1 aromatic carbocycles. The average Bonchev–Trinajstić information content (AvgIpc) is 2.25. The standard InChI is InChI=1S/C12H13FN2O5/c1-12(2,6-10(16)17)14-11(18)8-4-3-7(15(19)20)5-9(8)13/h3-5H,6H2,1-2H3,(H,14,18)(H,16,17). The van der Waals surface area contributed by atoms with E-state index < -0.39 is 33.8 Å². The van der Waals surface area contributed by atoms with E-state index in [1.807, 2.05) is 0 Å². The number of aliphatic carboxylic acids is 1. The Kier molecular flexibility index (Phi) is 4.38. The van der Waals surface area contributed by atoms with Gasteiger partial charge in [0, 0.05) is 11.6 Å². The minimum absolute atomic E-state index is 0.340. The Hall–Kier alpha value is -2.51. The van der Waals surface area contributed by atoms with E-state index in [0.717, 1.165) is 12.1 Å². The molecule has 0 saturated carbocycles. The minimum atomic E-state index is -1.11. The zero-order valence-electron chi connectivity index (χ0n) is 10.8. The maximum absolute atomic E-state index is 13.6. The van der Waals surface area contributed by atoms with Crippen LogP contribution in [0.25, 0.3) is 0 Å². The quantitative estimate of drug-likeness (QED) is 0.632. The molecular formula is C12H13FN2O5. The molecule has 0 aromatic heterocycles. The van der Waals surface area contributed by atoms with Gasteiger partial charge < -0.3 is 10.4 Å². The van der Waals surface area contributed by atoms with Crippen LogP contribution in [0.15, 0.2) is 18.2 Å². The van der Waals surface area contributed by atoms with Crippen LogP contribution in [0.4, 0.5) is 10.1 Å². The monoisotopic (exact) mass is 284 g/mol. The summed E-state index contributed by atoms with van der Waals surface area (Å²) in [6.07, 6.45) is -0.340. The fourth-order valence-electron chi connectivity index (χ4n) is 1.60. The van der Waals surface area contributed by atoms with Gasteiger partial charge in [-0.2, -0.15) is 0 Å². The van der Waals surface area contributed by atoms with Gasteiger partial charge in [-0.05, 0) is 19.9 Å². The number of nitrogens with one attached hydrogen (secondary N) is 1. The second-order valence-electron chi connectivity index (χ2n) is 4.83. The zero-order valence-corrected chi connectivity index (χ0v) is 10.8. The summed E-state index contributed by atoms with van der Waals surface area (Å²) in [5.74, 6) is -2.98. The van der Waals surface area contributed by atoms with Crippen LogP contribution in [-0.2, 0) is 4.79 Å². The molecule has 1 rings (SSSR count). The van der Waals surface area contributed by atoms with E-state index in [-0.39, 0.29) is 12.0 Å². The lowest BCUT2D eigenvalue weighted by Gasteiger charge is -2.24. The Bertz CT molecular complexity index is 571. The normalized spacial score (nSPS) is 10.9. The number of carboxylic acid groups (broad SMARTS) is 1. The fourth-order valence-corrected chi connectivity index (χ4v) is 1.60. The molecule has 1 amide bonds. The first-order valence-corrected chi connectivity index (χ1v) is 5.60. The lowest BCUT2D eigenvalue weighted by molar-refractivity contribution is -0.385. The third kappa shape index (κ3) is 4.01. The summed E-state index contributed by atoms with van der Waals surface area (Å²) in [7, 11) is 0. The van der Waals surface area contributed by atoms with Crippen LogP contribution in [0.5, 0.6) is 0 Å². The van der Waals surface area contributed by atoms with E-state index in [9.17, 15) is 24.1 Å². The van der Waals surface area contributed by atoms with Crippen molar-refractivity contribution in [1.82, 2.24) is 5.32 Å². The molecule has 0 aliphatic heterocycles. The van der Waals surface area contributed by atoms with Gasteiger partial charge in [-0.3, -0.25) is 19.7 Å². The summed E-state index contributed by atoms with van der Waals surface area (Å²) in [6, 6.07) is 2.63. The van der Waals surface area contributed by atoms with Gasteiger partial charge in [0.25, 0.3) is 11.6 Å². The number of nitrogens with zero attached hydrogens (tertiary/aromatic N) is 1. The van der Waals surface area contributed by atoms with Crippen molar-refractivity contribution >= 4 is 17.6 Å². The molecule has 0 heterocycles. The highest BCUT2D eigenvalue weighted by Crippen LogP contribution is 2.18. The molecule has 0 saturated heterocycles. The predicted molar refractivity (Wildman–Crippen MR) is 66.9 cm³/mol. The van der Waals surface area contributed by atoms with Gasteiger partial charge in [-0.1, -0.05) is 0 Å². The molecule has 1 aromatic rings. The van der Waals surface area contributed by atoms with Gasteiger partial charge in [-0.15, -0.1) is 0 Å². The molecule has 0 aliphatic carbocycles. The average molecular weight is 284 g/mol. The first-order valence-electron chi connectivity index (χ1n) is 5.60. The number of hydrogen-bond acceptors (Lipinski definition) is 4. The van der Waals surface area contributed by atoms with E-state index in [0.29, 0.717) is 6.07 Å². The Morgan fingerprint density at radius 3 is 2.50 bits per heavy atom. The van der Waals surface area contributed by atoms with Gasteiger partial charge in [0.05, 0.1) is 23.0 Å². The molecule has 0 fully saturated rings. The molecule has 108 valence electrons. The third-order valence-corrected chi connectivity index (χ3v) is 2.45. The highest BCUT2D eigenvalue weighted by molar-refractivity contribution is 5.95. The van der Waals surface area contributed by atoms with Crippen molar-refractivity contribution in [3.8, 4) is 0 Å². The maximum atomic E-state index is 13.6. The van der Waals surface area contributed by atoms with Crippen molar-refractivity contribution in [1.29, 1.82) is 0 Å². The molecular weight excluding hydrogens is 271 g/mol. The number of carbonyl (C=O) groups is 2. The number of nitro benzene ring substituents is 1. The first kappa shape index (κ1) is 15.5. The van der Waals surface area contributed by atoms with Crippen molar-refractivity contribution in [2.75, 3.05) is 0 Å².